The molecule has 0 aromatic heterocycles. The first-order chi connectivity index (χ1) is 8.01. The number of benzene rings is 1. The van der Waals surface area contributed by atoms with Crippen LogP contribution in [-0.4, -0.2) is 19.0 Å². The second-order valence-corrected chi connectivity index (χ2v) is 4.37. The first-order valence-electron chi connectivity index (χ1n) is 5.15. The Morgan fingerprint density at radius 2 is 1.94 bits per heavy atom. The molecule has 0 aliphatic heterocycles. The summed E-state index contributed by atoms with van der Waals surface area (Å²) in [5.41, 5.74) is 2.95. The molecule has 0 atom stereocenters. The van der Waals surface area contributed by atoms with Crippen molar-refractivity contribution in [3.63, 3.8) is 0 Å². The van der Waals surface area contributed by atoms with Gasteiger partial charge in [-0.15, -0.1) is 0 Å². The zero-order chi connectivity index (χ0) is 13.0. The summed E-state index contributed by atoms with van der Waals surface area (Å²) in [6.45, 7) is 4.34. The van der Waals surface area contributed by atoms with E-state index in [4.69, 9.17) is 9.47 Å². The van der Waals surface area contributed by atoms with Gasteiger partial charge >= 0.3 is 0 Å². The number of ether oxygens (including phenoxy) is 2. The summed E-state index contributed by atoms with van der Waals surface area (Å²) < 4.78 is 10.7. The minimum Gasteiger partial charge on any atom is -0.496 e. The lowest BCUT2D eigenvalue weighted by Crippen LogP contribution is -2.16. The van der Waals surface area contributed by atoms with E-state index in [1.165, 1.54) is 0 Å². The highest BCUT2D eigenvalue weighted by Crippen LogP contribution is 2.33. The molecule has 0 aliphatic carbocycles. The topological polar surface area (TPSA) is 47.6 Å². The second kappa shape index (κ2) is 5.91. The zero-order valence-electron chi connectivity index (χ0n) is 10.4. The molecule has 0 heterocycles. The summed E-state index contributed by atoms with van der Waals surface area (Å²) in [5, 5.41) is 2.68. The van der Waals surface area contributed by atoms with Crippen LogP contribution in [0.1, 0.15) is 16.7 Å². The summed E-state index contributed by atoms with van der Waals surface area (Å²) >= 11 is 2.82. The van der Waals surface area contributed by atoms with Crippen molar-refractivity contribution in [3.8, 4) is 11.5 Å². The van der Waals surface area contributed by atoms with Crippen molar-refractivity contribution in [1.29, 1.82) is 0 Å². The molecule has 0 aliphatic rings. The lowest BCUT2D eigenvalue weighted by molar-refractivity contribution is 0.261. The monoisotopic (exact) mass is 301 g/mol. The SMILES string of the molecule is COc1cc(CNC(=O)Br)c(OC)c(C)c1C. The van der Waals surface area contributed by atoms with E-state index in [9.17, 15) is 4.79 Å². The zero-order valence-corrected chi connectivity index (χ0v) is 12.0. The average molecular weight is 302 g/mol. The smallest absolute Gasteiger partial charge is 0.287 e. The van der Waals surface area contributed by atoms with Gasteiger partial charge in [-0.05, 0) is 31.0 Å². The molecule has 1 aromatic rings. The summed E-state index contributed by atoms with van der Waals surface area (Å²) in [6.07, 6.45) is 0. The van der Waals surface area contributed by atoms with Gasteiger partial charge in [-0.2, -0.15) is 0 Å². The Morgan fingerprint density at radius 1 is 1.29 bits per heavy atom. The molecule has 94 valence electrons. The molecule has 0 saturated carbocycles. The third kappa shape index (κ3) is 3.12. The van der Waals surface area contributed by atoms with Crippen LogP contribution < -0.4 is 14.8 Å². The van der Waals surface area contributed by atoms with E-state index in [-0.39, 0.29) is 4.82 Å². The van der Waals surface area contributed by atoms with E-state index < -0.39 is 0 Å². The summed E-state index contributed by atoms with van der Waals surface area (Å²) in [6, 6.07) is 1.88. The molecule has 0 fully saturated rings. The fraction of sp³-hybridized carbons (Fsp3) is 0.417. The number of methoxy groups -OCH3 is 2. The molecule has 17 heavy (non-hydrogen) atoms. The van der Waals surface area contributed by atoms with Gasteiger partial charge in [0.15, 0.2) is 0 Å². The lowest BCUT2D eigenvalue weighted by Gasteiger charge is -2.16. The first kappa shape index (κ1) is 13.8. The third-order valence-corrected chi connectivity index (χ3v) is 2.99. The number of carbonyl (C=O) groups excluding carboxylic acids is 1. The van der Waals surface area contributed by atoms with Crippen molar-refractivity contribution in [1.82, 2.24) is 5.32 Å². The molecule has 0 unspecified atom stereocenters. The maximum absolute atomic E-state index is 10.9. The Bertz CT molecular complexity index is 432. The highest BCUT2D eigenvalue weighted by molar-refractivity contribution is 9.18. The molecular weight excluding hydrogens is 286 g/mol. The van der Waals surface area contributed by atoms with Crippen LogP contribution in [0.25, 0.3) is 0 Å². The number of hydrogen-bond donors (Lipinski definition) is 1. The molecule has 4 nitrogen and oxygen atoms in total. The number of carbonyl (C=O) groups is 1. The molecule has 1 aromatic carbocycles. The molecular formula is C12H16BrNO3. The quantitative estimate of drug-likeness (QED) is 0.687. The normalized spacial score (nSPS) is 9.94. The van der Waals surface area contributed by atoms with E-state index in [0.717, 1.165) is 28.2 Å². The minimum absolute atomic E-state index is 0.253. The van der Waals surface area contributed by atoms with E-state index in [2.05, 4.69) is 21.2 Å². The van der Waals surface area contributed by atoms with Crippen molar-refractivity contribution >= 4 is 20.7 Å². The van der Waals surface area contributed by atoms with Crippen LogP contribution in [0.5, 0.6) is 11.5 Å². The van der Waals surface area contributed by atoms with Crippen LogP contribution in [0.4, 0.5) is 4.79 Å². The molecule has 0 radical (unpaired) electrons. The van der Waals surface area contributed by atoms with Crippen molar-refractivity contribution in [2.75, 3.05) is 14.2 Å². The molecule has 5 heteroatoms. The molecule has 1 rings (SSSR count). The molecule has 0 saturated heterocycles. The van der Waals surface area contributed by atoms with Crippen LogP contribution in [0, 0.1) is 13.8 Å². The standard InChI is InChI=1S/C12H16BrNO3/c1-7-8(2)11(17-4)9(5-10(7)16-3)6-14-12(13)15/h5H,6H2,1-4H3,(H,14,15). The van der Waals surface area contributed by atoms with Crippen LogP contribution in [0.3, 0.4) is 0 Å². The molecule has 1 amide bonds. The van der Waals surface area contributed by atoms with E-state index in [0.29, 0.717) is 6.54 Å². The Morgan fingerprint density at radius 3 is 2.41 bits per heavy atom. The van der Waals surface area contributed by atoms with Crippen molar-refractivity contribution in [2.45, 2.75) is 20.4 Å². The van der Waals surface area contributed by atoms with Gasteiger partial charge in [0, 0.05) is 28.0 Å². The van der Waals surface area contributed by atoms with Gasteiger partial charge in [0.1, 0.15) is 11.5 Å². The largest absolute Gasteiger partial charge is 0.496 e. The van der Waals surface area contributed by atoms with Crippen LogP contribution in [-0.2, 0) is 6.54 Å². The Labute approximate surface area is 109 Å². The molecule has 0 spiro atoms. The third-order valence-electron chi connectivity index (χ3n) is 2.71. The summed E-state index contributed by atoms with van der Waals surface area (Å²) in [5.74, 6) is 1.58. The fourth-order valence-corrected chi connectivity index (χ4v) is 1.86. The Balaban J connectivity index is 3.17. The maximum atomic E-state index is 10.9. The van der Waals surface area contributed by atoms with Gasteiger partial charge in [0.25, 0.3) is 4.82 Å². The first-order valence-corrected chi connectivity index (χ1v) is 5.95. The van der Waals surface area contributed by atoms with Gasteiger partial charge in [0.2, 0.25) is 0 Å². The van der Waals surface area contributed by atoms with Crippen molar-refractivity contribution < 1.29 is 14.3 Å². The molecule has 0 bridgehead atoms. The van der Waals surface area contributed by atoms with Gasteiger partial charge in [-0.3, -0.25) is 4.79 Å². The fourth-order valence-electron chi connectivity index (χ4n) is 1.72. The predicted molar refractivity (Wildman–Crippen MR) is 70.2 cm³/mol. The predicted octanol–water partition coefficient (Wildman–Crippen LogP) is 2.93. The van der Waals surface area contributed by atoms with E-state index in [1.54, 1.807) is 14.2 Å². The van der Waals surface area contributed by atoms with Gasteiger partial charge in [-0.1, -0.05) is 0 Å². The van der Waals surface area contributed by atoms with Crippen LogP contribution in [0.15, 0.2) is 6.07 Å². The van der Waals surface area contributed by atoms with Crippen molar-refractivity contribution in [3.05, 3.63) is 22.8 Å². The molecule has 1 N–H and O–H groups in total. The Kier molecular flexibility index (Phi) is 4.81. The highest BCUT2D eigenvalue weighted by Gasteiger charge is 2.13. The second-order valence-electron chi connectivity index (χ2n) is 3.65. The number of rotatable bonds is 4. The maximum Gasteiger partial charge on any atom is 0.287 e. The number of nitrogens with one attached hydrogen (secondary N) is 1. The highest BCUT2D eigenvalue weighted by atomic mass is 79.9. The van der Waals surface area contributed by atoms with Gasteiger partial charge < -0.3 is 14.8 Å². The van der Waals surface area contributed by atoms with Gasteiger partial charge in [0.05, 0.1) is 14.2 Å². The summed E-state index contributed by atoms with van der Waals surface area (Å²) in [4.78, 5) is 10.6. The average Bonchev–Trinajstić information content (AvgIpc) is 2.30. The summed E-state index contributed by atoms with van der Waals surface area (Å²) in [7, 11) is 3.24. The lowest BCUT2D eigenvalue weighted by atomic mass is 10.0. The van der Waals surface area contributed by atoms with Crippen LogP contribution >= 0.6 is 15.9 Å². The number of amides is 1. The van der Waals surface area contributed by atoms with Crippen molar-refractivity contribution in [2.24, 2.45) is 0 Å². The van der Waals surface area contributed by atoms with Gasteiger partial charge in [-0.25, -0.2) is 0 Å². The Hall–Kier alpha value is -1.23. The van der Waals surface area contributed by atoms with E-state index >= 15 is 0 Å². The number of hydrogen-bond acceptors (Lipinski definition) is 3. The van der Waals surface area contributed by atoms with Crippen LogP contribution in [0.2, 0.25) is 0 Å². The minimum atomic E-state index is -0.253. The van der Waals surface area contributed by atoms with E-state index in [1.807, 2.05) is 19.9 Å². The number of halogens is 1.